The van der Waals surface area contributed by atoms with Gasteiger partial charge in [0.2, 0.25) is 0 Å². The second kappa shape index (κ2) is 3.67. The summed E-state index contributed by atoms with van der Waals surface area (Å²) in [6.45, 7) is 4.81. The van der Waals surface area contributed by atoms with E-state index in [2.05, 4.69) is 15.3 Å². The van der Waals surface area contributed by atoms with E-state index in [9.17, 15) is 0 Å². The molecule has 0 aliphatic heterocycles. The third kappa shape index (κ3) is 1.78. The lowest BCUT2D eigenvalue weighted by Crippen LogP contribution is -2.01. The number of nitrogens with one attached hydrogen (secondary N) is 1. The molecule has 2 rings (SSSR count). The highest BCUT2D eigenvalue weighted by molar-refractivity contribution is 7.71. The lowest BCUT2D eigenvalue weighted by atomic mass is 10.5. The van der Waals surface area contributed by atoms with Crippen molar-refractivity contribution in [3.05, 3.63) is 32.7 Å². The summed E-state index contributed by atoms with van der Waals surface area (Å²) < 4.78 is 2.81. The lowest BCUT2D eigenvalue weighted by Gasteiger charge is -2.01. The van der Waals surface area contributed by atoms with E-state index in [-0.39, 0.29) is 0 Å². The van der Waals surface area contributed by atoms with Gasteiger partial charge < -0.3 is 9.55 Å². The van der Waals surface area contributed by atoms with E-state index in [0.29, 0.717) is 0 Å². The molecule has 0 atom stereocenters. The van der Waals surface area contributed by atoms with E-state index in [0.717, 1.165) is 27.7 Å². The fourth-order valence-electron chi connectivity index (χ4n) is 1.29. The molecule has 0 bridgehead atoms. The second-order valence-corrected chi connectivity index (χ2v) is 4.53. The SMILES string of the molecule is Cc1csc(Cn2c(C)c[nH]c2=S)n1. The van der Waals surface area contributed by atoms with Gasteiger partial charge in [0.25, 0.3) is 0 Å². The zero-order valence-corrected chi connectivity index (χ0v) is 9.71. The minimum Gasteiger partial charge on any atom is -0.337 e. The molecule has 0 radical (unpaired) electrons. The highest BCUT2D eigenvalue weighted by Crippen LogP contribution is 2.12. The molecule has 0 aliphatic carbocycles. The van der Waals surface area contributed by atoms with Crippen LogP contribution in [0.1, 0.15) is 16.4 Å². The Hall–Kier alpha value is -0.940. The van der Waals surface area contributed by atoms with Crippen LogP contribution in [-0.4, -0.2) is 14.5 Å². The van der Waals surface area contributed by atoms with Crippen molar-refractivity contribution in [2.75, 3.05) is 0 Å². The zero-order valence-electron chi connectivity index (χ0n) is 8.07. The van der Waals surface area contributed by atoms with Crippen molar-refractivity contribution in [1.29, 1.82) is 0 Å². The first-order valence-electron chi connectivity index (χ1n) is 4.32. The van der Waals surface area contributed by atoms with E-state index in [4.69, 9.17) is 12.2 Å². The fraction of sp³-hybridized carbons (Fsp3) is 0.333. The molecule has 0 aliphatic rings. The topological polar surface area (TPSA) is 33.6 Å². The van der Waals surface area contributed by atoms with Crippen LogP contribution in [0.25, 0.3) is 0 Å². The van der Waals surface area contributed by atoms with Gasteiger partial charge in [0.05, 0.1) is 6.54 Å². The maximum absolute atomic E-state index is 5.16. The van der Waals surface area contributed by atoms with Crippen molar-refractivity contribution >= 4 is 23.6 Å². The van der Waals surface area contributed by atoms with Crippen LogP contribution < -0.4 is 0 Å². The molecule has 74 valence electrons. The van der Waals surface area contributed by atoms with Crippen molar-refractivity contribution in [2.24, 2.45) is 0 Å². The summed E-state index contributed by atoms with van der Waals surface area (Å²) in [7, 11) is 0. The largest absolute Gasteiger partial charge is 0.337 e. The van der Waals surface area contributed by atoms with Crippen LogP contribution in [0.4, 0.5) is 0 Å². The average molecular weight is 225 g/mol. The number of thiazole rings is 1. The summed E-state index contributed by atoms with van der Waals surface area (Å²) in [6, 6.07) is 0. The molecule has 5 heteroatoms. The van der Waals surface area contributed by atoms with Crippen LogP contribution in [0, 0.1) is 18.6 Å². The normalized spacial score (nSPS) is 10.7. The Kier molecular flexibility index (Phi) is 2.52. The summed E-state index contributed by atoms with van der Waals surface area (Å²) in [4.78, 5) is 7.42. The Bertz CT molecular complexity index is 492. The molecule has 0 unspecified atom stereocenters. The molecule has 14 heavy (non-hydrogen) atoms. The molecule has 3 nitrogen and oxygen atoms in total. The average Bonchev–Trinajstić information content (AvgIpc) is 2.67. The standard InChI is InChI=1S/C9H11N3S2/c1-6-5-14-8(11-6)4-12-7(2)3-10-9(12)13/h3,5H,4H2,1-2H3,(H,10,13). The van der Waals surface area contributed by atoms with Crippen molar-refractivity contribution in [3.63, 3.8) is 0 Å². The van der Waals surface area contributed by atoms with E-state index in [1.165, 1.54) is 0 Å². The molecule has 2 aromatic rings. The third-order valence-corrected chi connectivity index (χ3v) is 3.33. The van der Waals surface area contributed by atoms with Gasteiger partial charge in [-0.3, -0.25) is 0 Å². The van der Waals surface area contributed by atoms with Gasteiger partial charge in [-0.1, -0.05) is 0 Å². The zero-order chi connectivity index (χ0) is 10.1. The van der Waals surface area contributed by atoms with Crippen LogP contribution in [0.15, 0.2) is 11.6 Å². The number of nitrogens with zero attached hydrogens (tertiary/aromatic N) is 2. The van der Waals surface area contributed by atoms with Gasteiger partial charge in [-0.2, -0.15) is 0 Å². The Labute approximate surface area is 91.4 Å². The number of aromatic nitrogens is 3. The molecule has 0 fully saturated rings. The summed E-state index contributed by atoms with van der Waals surface area (Å²) in [5, 5.41) is 3.15. The maximum Gasteiger partial charge on any atom is 0.177 e. The predicted octanol–water partition coefficient (Wildman–Crippen LogP) is 2.67. The Morgan fingerprint density at radius 3 is 2.86 bits per heavy atom. The Balaban J connectivity index is 2.31. The molecule has 0 amide bonds. The number of hydrogen-bond donors (Lipinski definition) is 1. The van der Waals surface area contributed by atoms with Gasteiger partial charge >= 0.3 is 0 Å². The number of H-pyrrole nitrogens is 1. The Morgan fingerprint density at radius 1 is 1.57 bits per heavy atom. The van der Waals surface area contributed by atoms with Gasteiger partial charge in [0.1, 0.15) is 5.01 Å². The van der Waals surface area contributed by atoms with Gasteiger partial charge in [-0.05, 0) is 26.1 Å². The first-order chi connectivity index (χ1) is 6.66. The number of rotatable bonds is 2. The smallest absolute Gasteiger partial charge is 0.177 e. The highest BCUT2D eigenvalue weighted by atomic mass is 32.1. The number of hydrogen-bond acceptors (Lipinski definition) is 3. The molecule has 0 saturated carbocycles. The quantitative estimate of drug-likeness (QED) is 0.797. The third-order valence-electron chi connectivity index (χ3n) is 2.04. The fourth-order valence-corrected chi connectivity index (χ4v) is 2.32. The second-order valence-electron chi connectivity index (χ2n) is 3.20. The van der Waals surface area contributed by atoms with Crippen molar-refractivity contribution in [2.45, 2.75) is 20.4 Å². The lowest BCUT2D eigenvalue weighted by molar-refractivity contribution is 0.751. The minimum atomic E-state index is 0.760. The molecule has 2 heterocycles. The summed E-state index contributed by atoms with van der Waals surface area (Å²) in [5.74, 6) is 0. The van der Waals surface area contributed by atoms with E-state index in [1.807, 2.05) is 24.6 Å². The highest BCUT2D eigenvalue weighted by Gasteiger charge is 2.03. The van der Waals surface area contributed by atoms with Crippen LogP contribution in [0.5, 0.6) is 0 Å². The van der Waals surface area contributed by atoms with E-state index >= 15 is 0 Å². The number of aromatic amines is 1. The van der Waals surface area contributed by atoms with Crippen molar-refractivity contribution < 1.29 is 0 Å². The first kappa shape index (κ1) is 9.61. The first-order valence-corrected chi connectivity index (χ1v) is 5.61. The molecule has 0 aromatic carbocycles. The maximum atomic E-state index is 5.16. The number of imidazole rings is 1. The van der Waals surface area contributed by atoms with E-state index in [1.54, 1.807) is 11.3 Å². The van der Waals surface area contributed by atoms with Gasteiger partial charge in [0, 0.05) is 23.0 Å². The van der Waals surface area contributed by atoms with Gasteiger partial charge in [-0.25, -0.2) is 4.98 Å². The van der Waals surface area contributed by atoms with Crippen LogP contribution in [0.3, 0.4) is 0 Å². The van der Waals surface area contributed by atoms with Crippen LogP contribution in [-0.2, 0) is 6.54 Å². The Morgan fingerprint density at radius 2 is 2.36 bits per heavy atom. The number of aryl methyl sites for hydroxylation is 2. The molecule has 1 N–H and O–H groups in total. The van der Waals surface area contributed by atoms with Crippen LogP contribution in [0.2, 0.25) is 0 Å². The van der Waals surface area contributed by atoms with Crippen molar-refractivity contribution in [1.82, 2.24) is 14.5 Å². The molecular weight excluding hydrogens is 214 g/mol. The molecular formula is C9H11N3S2. The monoisotopic (exact) mass is 225 g/mol. The summed E-state index contributed by atoms with van der Waals surface area (Å²) >= 11 is 6.84. The van der Waals surface area contributed by atoms with Gasteiger partial charge in [-0.15, -0.1) is 11.3 Å². The molecule has 0 saturated heterocycles. The molecule has 2 aromatic heterocycles. The van der Waals surface area contributed by atoms with E-state index < -0.39 is 0 Å². The minimum absolute atomic E-state index is 0.760. The molecule has 0 spiro atoms. The predicted molar refractivity (Wildman–Crippen MR) is 60.3 cm³/mol. The summed E-state index contributed by atoms with van der Waals surface area (Å²) in [5.41, 5.74) is 2.22. The van der Waals surface area contributed by atoms with Crippen molar-refractivity contribution in [3.8, 4) is 0 Å². The van der Waals surface area contributed by atoms with Gasteiger partial charge in [0.15, 0.2) is 4.77 Å². The summed E-state index contributed by atoms with van der Waals surface area (Å²) in [6.07, 6.45) is 1.92. The van der Waals surface area contributed by atoms with Crippen LogP contribution >= 0.6 is 23.6 Å².